The lowest BCUT2D eigenvalue weighted by molar-refractivity contribution is -0.147. The van der Waals surface area contributed by atoms with Gasteiger partial charge in [-0.25, -0.2) is 4.79 Å². The van der Waals surface area contributed by atoms with E-state index in [4.69, 9.17) is 5.73 Å². The SMILES string of the molecule is Cc1ccc(NC(=O)Nc2cc(N(C)C)c3c(c2O)C(O)=C2C(=O)[C@]4(O)C(O)=C(C(N)=O)C(=O)C[C@@H]4C[C@@H]2C3)cc1. The van der Waals surface area contributed by atoms with Crippen LogP contribution in [0.3, 0.4) is 0 Å². The molecule has 8 N–H and O–H groups in total. The molecule has 214 valence electrons. The van der Waals surface area contributed by atoms with E-state index < -0.39 is 70.2 Å². The van der Waals surface area contributed by atoms with Crippen molar-refractivity contribution in [2.75, 3.05) is 29.6 Å². The molecule has 1 fully saturated rings. The predicted molar refractivity (Wildman–Crippen MR) is 150 cm³/mol. The van der Waals surface area contributed by atoms with E-state index >= 15 is 0 Å². The molecule has 3 aliphatic carbocycles. The number of nitrogens with one attached hydrogen (secondary N) is 2. The predicted octanol–water partition coefficient (Wildman–Crippen LogP) is 2.44. The van der Waals surface area contributed by atoms with Crippen molar-refractivity contribution in [3.63, 3.8) is 0 Å². The van der Waals surface area contributed by atoms with Crippen LogP contribution in [0.5, 0.6) is 5.75 Å². The molecular weight excluding hydrogens is 532 g/mol. The summed E-state index contributed by atoms with van der Waals surface area (Å²) in [6.45, 7) is 1.90. The molecular formula is C29H30N4O8. The second kappa shape index (κ2) is 9.66. The number of phenolic OH excluding ortho intramolecular Hbond substituents is 1. The van der Waals surface area contributed by atoms with Gasteiger partial charge in [0.25, 0.3) is 5.91 Å². The van der Waals surface area contributed by atoms with E-state index in [0.717, 1.165) is 5.56 Å². The van der Waals surface area contributed by atoms with Crippen molar-refractivity contribution in [3.05, 3.63) is 63.9 Å². The lowest BCUT2D eigenvalue weighted by atomic mass is 9.59. The van der Waals surface area contributed by atoms with Crippen molar-refractivity contribution in [2.45, 2.75) is 31.8 Å². The molecule has 0 unspecified atom stereocenters. The maximum Gasteiger partial charge on any atom is 0.323 e. The zero-order valence-corrected chi connectivity index (χ0v) is 22.6. The van der Waals surface area contributed by atoms with Gasteiger partial charge in [0.15, 0.2) is 17.1 Å². The second-order valence-electron chi connectivity index (χ2n) is 10.9. The van der Waals surface area contributed by atoms with E-state index in [1.54, 1.807) is 37.2 Å². The van der Waals surface area contributed by atoms with Crippen LogP contribution in [0.4, 0.5) is 21.9 Å². The fourth-order valence-electron chi connectivity index (χ4n) is 6.09. The van der Waals surface area contributed by atoms with Gasteiger partial charge in [0.2, 0.25) is 5.78 Å². The maximum atomic E-state index is 13.7. The van der Waals surface area contributed by atoms with Crippen molar-refractivity contribution >= 4 is 46.3 Å². The molecule has 12 nitrogen and oxygen atoms in total. The number of hydrogen-bond acceptors (Lipinski definition) is 9. The first-order valence-corrected chi connectivity index (χ1v) is 12.9. The van der Waals surface area contributed by atoms with Crippen LogP contribution in [-0.2, 0) is 20.8 Å². The van der Waals surface area contributed by atoms with Gasteiger partial charge in [-0.05, 0) is 49.4 Å². The van der Waals surface area contributed by atoms with Crippen molar-refractivity contribution in [2.24, 2.45) is 17.6 Å². The minimum absolute atomic E-state index is 0.0233. The number of carbonyl (C=O) groups excluding carboxylic acids is 4. The monoisotopic (exact) mass is 562 g/mol. The van der Waals surface area contributed by atoms with E-state index in [9.17, 15) is 39.6 Å². The molecule has 0 aliphatic heterocycles. The molecule has 0 radical (unpaired) electrons. The number of primary amides is 1. The van der Waals surface area contributed by atoms with Gasteiger partial charge in [0.05, 0.1) is 11.3 Å². The van der Waals surface area contributed by atoms with Gasteiger partial charge >= 0.3 is 6.03 Å². The van der Waals surface area contributed by atoms with Crippen LogP contribution in [0, 0.1) is 18.8 Å². The number of nitrogens with two attached hydrogens (primary N) is 1. The highest BCUT2D eigenvalue weighted by Gasteiger charge is 2.60. The quantitative estimate of drug-likeness (QED) is 0.216. The number of anilines is 3. The lowest BCUT2D eigenvalue weighted by Gasteiger charge is -2.46. The number of aryl methyl sites for hydroxylation is 1. The van der Waals surface area contributed by atoms with E-state index in [1.807, 2.05) is 19.1 Å². The number of Topliss-reactive ketones (excluding diaryl/α,β-unsaturated/α-hetero) is 2. The minimum atomic E-state index is -2.65. The number of phenols is 1. The number of urea groups is 1. The summed E-state index contributed by atoms with van der Waals surface area (Å²) in [4.78, 5) is 52.6. The average Bonchev–Trinajstić information content (AvgIpc) is 2.88. The molecule has 2 aromatic carbocycles. The number of nitrogens with zero attached hydrogens (tertiary/aromatic N) is 1. The number of aromatic hydroxyl groups is 1. The first-order chi connectivity index (χ1) is 19.2. The molecule has 1 saturated carbocycles. The number of carbonyl (C=O) groups is 4. The van der Waals surface area contributed by atoms with Gasteiger partial charge in [0, 0.05) is 43.4 Å². The summed E-state index contributed by atoms with van der Waals surface area (Å²) in [6, 6.07) is 7.93. The number of fused-ring (bicyclic) bond motifs is 3. The number of hydrogen-bond donors (Lipinski definition) is 7. The maximum absolute atomic E-state index is 13.7. The summed E-state index contributed by atoms with van der Waals surface area (Å²) in [5, 5.41) is 50.1. The molecule has 5 rings (SSSR count). The molecule has 3 aliphatic rings. The molecule has 0 spiro atoms. The summed E-state index contributed by atoms with van der Waals surface area (Å²) in [5.74, 6) is -7.16. The van der Waals surface area contributed by atoms with Crippen molar-refractivity contribution in [3.8, 4) is 5.75 Å². The lowest BCUT2D eigenvalue weighted by Crippen LogP contribution is -2.58. The molecule has 0 bridgehead atoms. The van der Waals surface area contributed by atoms with Crippen LogP contribution < -0.4 is 21.3 Å². The Bertz CT molecular complexity index is 1590. The summed E-state index contributed by atoms with van der Waals surface area (Å²) in [7, 11) is 3.47. The highest BCUT2D eigenvalue weighted by Crippen LogP contribution is 2.54. The molecule has 3 amide bonds. The van der Waals surface area contributed by atoms with Crippen LogP contribution in [0.1, 0.15) is 29.5 Å². The smallest absolute Gasteiger partial charge is 0.323 e. The molecule has 41 heavy (non-hydrogen) atoms. The van der Waals surface area contributed by atoms with Crippen LogP contribution in [0.25, 0.3) is 5.76 Å². The van der Waals surface area contributed by atoms with Crippen LogP contribution in [0.15, 0.2) is 47.2 Å². The molecule has 12 heteroatoms. The molecule has 0 aromatic heterocycles. The number of benzene rings is 2. The zero-order chi connectivity index (χ0) is 30.0. The normalized spacial score (nSPS) is 23.4. The van der Waals surface area contributed by atoms with Crippen molar-refractivity contribution in [1.82, 2.24) is 0 Å². The Morgan fingerprint density at radius 3 is 2.32 bits per heavy atom. The van der Waals surface area contributed by atoms with E-state index in [-0.39, 0.29) is 29.7 Å². The van der Waals surface area contributed by atoms with Gasteiger partial charge in [-0.15, -0.1) is 0 Å². The Kier molecular flexibility index (Phi) is 6.53. The fourth-order valence-corrected chi connectivity index (χ4v) is 6.09. The molecule has 2 aromatic rings. The Labute approximate surface area is 234 Å². The summed E-state index contributed by atoms with van der Waals surface area (Å²) in [5.41, 5.74) is 3.84. The fraction of sp³-hybridized carbons (Fsp3) is 0.310. The highest BCUT2D eigenvalue weighted by atomic mass is 16.3. The van der Waals surface area contributed by atoms with E-state index in [0.29, 0.717) is 16.9 Å². The average molecular weight is 563 g/mol. The van der Waals surface area contributed by atoms with Gasteiger partial charge in [-0.2, -0.15) is 0 Å². The number of aliphatic hydroxyl groups is 3. The standard InChI is InChI=1S/C29H30N4O8/c1-12-4-6-15(7-5-12)31-28(40)32-17-11-18(33(2)3)16-9-13-8-14-10-19(34)22(27(30)39)26(38)29(14,41)25(37)20(13)24(36)21(16)23(17)35/h4-7,11,13-14,35-36,38,41H,8-10H2,1-3H3,(H2,30,39)(H2,31,32,40)/t13-,14+,29+/m1/s1. The Hall–Kier alpha value is -4.84. The van der Waals surface area contributed by atoms with Gasteiger partial charge < -0.3 is 41.7 Å². The molecule has 0 saturated heterocycles. The van der Waals surface area contributed by atoms with Crippen LogP contribution >= 0.6 is 0 Å². The third-order valence-corrected chi connectivity index (χ3v) is 8.08. The van der Waals surface area contributed by atoms with Crippen LogP contribution in [0.2, 0.25) is 0 Å². The number of rotatable bonds is 4. The Morgan fingerprint density at radius 2 is 1.71 bits per heavy atom. The van der Waals surface area contributed by atoms with Crippen molar-refractivity contribution in [1.29, 1.82) is 0 Å². The second-order valence-corrected chi connectivity index (χ2v) is 10.9. The van der Waals surface area contributed by atoms with Crippen molar-refractivity contribution < 1.29 is 39.6 Å². The topological polar surface area (TPSA) is 203 Å². The van der Waals surface area contributed by atoms with Gasteiger partial charge in [0.1, 0.15) is 17.1 Å². The molecule has 0 heterocycles. The third kappa shape index (κ3) is 4.27. The largest absolute Gasteiger partial charge is 0.508 e. The summed E-state index contributed by atoms with van der Waals surface area (Å²) in [6.07, 6.45) is -0.229. The van der Waals surface area contributed by atoms with Gasteiger partial charge in [-0.3, -0.25) is 14.4 Å². The number of amides is 3. The number of ketones is 2. The Balaban J connectivity index is 1.60. The van der Waals surface area contributed by atoms with E-state index in [1.165, 1.54) is 0 Å². The molecule has 3 atom stereocenters. The number of aliphatic hydroxyl groups excluding tert-OH is 2. The van der Waals surface area contributed by atoms with Gasteiger partial charge in [-0.1, -0.05) is 17.7 Å². The summed E-state index contributed by atoms with van der Waals surface area (Å²) >= 11 is 0. The zero-order valence-electron chi connectivity index (χ0n) is 22.6. The third-order valence-electron chi connectivity index (χ3n) is 8.08. The minimum Gasteiger partial charge on any atom is -0.508 e. The first kappa shape index (κ1) is 27.7. The Morgan fingerprint density at radius 1 is 1.05 bits per heavy atom. The highest BCUT2D eigenvalue weighted by molar-refractivity contribution is 6.22. The first-order valence-electron chi connectivity index (χ1n) is 12.9. The van der Waals surface area contributed by atoms with Crippen LogP contribution in [-0.4, -0.2) is 63.6 Å². The van der Waals surface area contributed by atoms with E-state index in [2.05, 4.69) is 10.6 Å². The summed E-state index contributed by atoms with van der Waals surface area (Å²) < 4.78 is 0.